The highest BCUT2D eigenvalue weighted by Gasteiger charge is 2.07. The van der Waals surface area contributed by atoms with Crippen LogP contribution in [0.2, 0.25) is 5.02 Å². The Morgan fingerprint density at radius 1 is 1.38 bits per heavy atom. The summed E-state index contributed by atoms with van der Waals surface area (Å²) in [6, 6.07) is 0. The molecule has 0 atom stereocenters. The van der Waals surface area contributed by atoms with E-state index in [1.165, 1.54) is 0 Å². The largest absolute Gasteiger partial charge is 0.368 e. The van der Waals surface area contributed by atoms with E-state index in [0.29, 0.717) is 22.7 Å². The third kappa shape index (κ3) is 3.52. The Bertz CT molecular complexity index is 326. The number of hydrogen-bond donors (Lipinski definition) is 2. The van der Waals surface area contributed by atoms with Gasteiger partial charge < -0.3 is 10.6 Å². The van der Waals surface area contributed by atoms with Crippen LogP contribution < -0.4 is 10.6 Å². The van der Waals surface area contributed by atoms with Gasteiger partial charge in [0.2, 0.25) is 5.95 Å². The van der Waals surface area contributed by atoms with Gasteiger partial charge in [0, 0.05) is 13.6 Å². The van der Waals surface area contributed by atoms with Crippen LogP contribution in [0.25, 0.3) is 0 Å². The van der Waals surface area contributed by atoms with Crippen molar-refractivity contribution >= 4 is 23.4 Å². The molecular formula is C11H19ClN4. The molecule has 1 heterocycles. The van der Waals surface area contributed by atoms with E-state index in [9.17, 15) is 0 Å². The molecule has 0 saturated heterocycles. The molecule has 0 saturated carbocycles. The summed E-state index contributed by atoms with van der Waals surface area (Å²) >= 11 is 6.01. The first-order valence-electron chi connectivity index (χ1n) is 5.65. The van der Waals surface area contributed by atoms with Gasteiger partial charge in [0.15, 0.2) is 0 Å². The van der Waals surface area contributed by atoms with Crippen LogP contribution in [0.4, 0.5) is 11.8 Å². The van der Waals surface area contributed by atoms with E-state index in [4.69, 9.17) is 11.6 Å². The number of halogens is 1. The van der Waals surface area contributed by atoms with Crippen molar-refractivity contribution in [3.05, 3.63) is 11.2 Å². The van der Waals surface area contributed by atoms with Gasteiger partial charge in [-0.05, 0) is 5.92 Å². The zero-order valence-corrected chi connectivity index (χ0v) is 10.8. The van der Waals surface area contributed by atoms with Crippen molar-refractivity contribution in [3.63, 3.8) is 0 Å². The molecule has 90 valence electrons. The smallest absolute Gasteiger partial charge is 0.224 e. The summed E-state index contributed by atoms with van der Waals surface area (Å²) in [5, 5.41) is 6.72. The van der Waals surface area contributed by atoms with Crippen LogP contribution in [-0.2, 0) is 0 Å². The Morgan fingerprint density at radius 3 is 2.62 bits per heavy atom. The lowest BCUT2D eigenvalue weighted by Gasteiger charge is -2.14. The van der Waals surface area contributed by atoms with E-state index < -0.39 is 0 Å². The van der Waals surface area contributed by atoms with Gasteiger partial charge in [0.05, 0.1) is 6.20 Å². The molecule has 0 aliphatic heterocycles. The van der Waals surface area contributed by atoms with Gasteiger partial charge in [-0.2, -0.15) is 4.98 Å². The lowest BCUT2D eigenvalue weighted by atomic mass is 10.0. The third-order valence-corrected chi connectivity index (χ3v) is 2.96. The topological polar surface area (TPSA) is 49.8 Å². The maximum Gasteiger partial charge on any atom is 0.224 e. The summed E-state index contributed by atoms with van der Waals surface area (Å²) in [7, 11) is 1.79. The Balaban J connectivity index is 2.65. The molecule has 0 aromatic carbocycles. The van der Waals surface area contributed by atoms with Crippen LogP contribution in [0.1, 0.15) is 26.7 Å². The van der Waals surface area contributed by atoms with Gasteiger partial charge in [0.1, 0.15) is 10.8 Å². The minimum absolute atomic E-state index is 0.560. The van der Waals surface area contributed by atoms with Gasteiger partial charge in [0.25, 0.3) is 0 Å². The van der Waals surface area contributed by atoms with Crippen molar-refractivity contribution in [1.29, 1.82) is 0 Å². The average Bonchev–Trinajstić information content (AvgIpc) is 2.32. The molecule has 0 bridgehead atoms. The van der Waals surface area contributed by atoms with Gasteiger partial charge in [-0.1, -0.05) is 38.3 Å². The molecule has 0 aliphatic carbocycles. The summed E-state index contributed by atoms with van der Waals surface area (Å²) in [6.07, 6.45) is 3.92. The summed E-state index contributed by atoms with van der Waals surface area (Å²) < 4.78 is 0. The molecule has 16 heavy (non-hydrogen) atoms. The van der Waals surface area contributed by atoms with Crippen LogP contribution in [-0.4, -0.2) is 23.6 Å². The fourth-order valence-electron chi connectivity index (χ4n) is 1.43. The van der Waals surface area contributed by atoms with E-state index in [-0.39, 0.29) is 0 Å². The lowest BCUT2D eigenvalue weighted by molar-refractivity contribution is 0.518. The van der Waals surface area contributed by atoms with Crippen LogP contribution in [0.15, 0.2) is 6.20 Å². The summed E-state index contributed by atoms with van der Waals surface area (Å²) in [5.74, 6) is 1.94. The zero-order valence-electron chi connectivity index (χ0n) is 10.0. The fourth-order valence-corrected chi connectivity index (χ4v) is 1.59. The highest BCUT2D eigenvalue weighted by atomic mass is 35.5. The molecule has 0 radical (unpaired) electrons. The number of aromatic nitrogens is 2. The summed E-state index contributed by atoms with van der Waals surface area (Å²) in [5.41, 5.74) is 0. The highest BCUT2D eigenvalue weighted by molar-refractivity contribution is 6.32. The SMILES string of the molecule is CCC(CC)CNc1nc(NC)ncc1Cl. The van der Waals surface area contributed by atoms with E-state index in [1.807, 2.05) is 0 Å². The van der Waals surface area contributed by atoms with Gasteiger partial charge >= 0.3 is 0 Å². The second kappa shape index (κ2) is 6.53. The molecule has 4 nitrogen and oxygen atoms in total. The monoisotopic (exact) mass is 242 g/mol. The Hall–Kier alpha value is -1.03. The molecular weight excluding hydrogens is 224 g/mol. The maximum atomic E-state index is 6.01. The van der Waals surface area contributed by atoms with Gasteiger partial charge in [-0.25, -0.2) is 4.98 Å². The Morgan fingerprint density at radius 2 is 2.06 bits per heavy atom. The van der Waals surface area contributed by atoms with Crippen molar-refractivity contribution in [2.45, 2.75) is 26.7 Å². The van der Waals surface area contributed by atoms with Gasteiger partial charge in [-0.3, -0.25) is 0 Å². The molecule has 0 spiro atoms. The first-order valence-corrected chi connectivity index (χ1v) is 6.03. The van der Waals surface area contributed by atoms with Crippen LogP contribution in [0.3, 0.4) is 0 Å². The van der Waals surface area contributed by atoms with Crippen LogP contribution in [0, 0.1) is 5.92 Å². The number of rotatable bonds is 6. The second-order valence-electron chi connectivity index (χ2n) is 3.70. The minimum Gasteiger partial charge on any atom is -0.368 e. The standard InChI is InChI=1S/C11H19ClN4/c1-4-8(5-2)6-14-10-9(12)7-15-11(13-3)16-10/h7-8H,4-6H2,1-3H3,(H2,13,14,15,16). The molecule has 1 aromatic heterocycles. The number of nitrogens with one attached hydrogen (secondary N) is 2. The highest BCUT2D eigenvalue weighted by Crippen LogP contribution is 2.20. The second-order valence-corrected chi connectivity index (χ2v) is 4.11. The molecule has 0 amide bonds. The van der Waals surface area contributed by atoms with Crippen LogP contribution in [0.5, 0.6) is 0 Å². The van der Waals surface area contributed by atoms with Crippen molar-refractivity contribution in [2.75, 3.05) is 24.2 Å². The molecule has 2 N–H and O–H groups in total. The van der Waals surface area contributed by atoms with Crippen LogP contribution >= 0.6 is 11.6 Å². The summed E-state index contributed by atoms with van der Waals surface area (Å²) in [6.45, 7) is 5.28. The predicted octanol–water partition coefficient (Wildman–Crippen LogP) is 3.02. The van der Waals surface area contributed by atoms with E-state index in [2.05, 4.69) is 34.4 Å². The zero-order chi connectivity index (χ0) is 12.0. The third-order valence-electron chi connectivity index (χ3n) is 2.68. The first kappa shape index (κ1) is 13.0. The lowest BCUT2D eigenvalue weighted by Crippen LogP contribution is -2.14. The fraction of sp³-hybridized carbons (Fsp3) is 0.636. The summed E-state index contributed by atoms with van der Waals surface area (Å²) in [4.78, 5) is 8.30. The van der Waals surface area contributed by atoms with Crippen molar-refractivity contribution in [2.24, 2.45) is 5.92 Å². The Kier molecular flexibility index (Phi) is 5.32. The molecule has 1 aromatic rings. The van der Waals surface area contributed by atoms with Crippen molar-refractivity contribution in [1.82, 2.24) is 9.97 Å². The number of nitrogens with zero attached hydrogens (tertiary/aromatic N) is 2. The molecule has 0 unspecified atom stereocenters. The molecule has 1 rings (SSSR count). The maximum absolute atomic E-state index is 6.01. The van der Waals surface area contributed by atoms with E-state index in [1.54, 1.807) is 13.2 Å². The van der Waals surface area contributed by atoms with Crippen molar-refractivity contribution < 1.29 is 0 Å². The van der Waals surface area contributed by atoms with Crippen molar-refractivity contribution in [3.8, 4) is 0 Å². The molecule has 0 aliphatic rings. The first-order chi connectivity index (χ1) is 7.71. The quantitative estimate of drug-likeness (QED) is 0.805. The average molecular weight is 243 g/mol. The number of hydrogen-bond acceptors (Lipinski definition) is 4. The number of anilines is 2. The van der Waals surface area contributed by atoms with Gasteiger partial charge in [-0.15, -0.1) is 0 Å². The molecule has 0 fully saturated rings. The minimum atomic E-state index is 0.560. The normalized spacial score (nSPS) is 10.6. The predicted molar refractivity (Wildman–Crippen MR) is 69.2 cm³/mol. The van der Waals surface area contributed by atoms with E-state index in [0.717, 1.165) is 19.4 Å². The van der Waals surface area contributed by atoms with E-state index >= 15 is 0 Å². The Labute approximate surface area is 102 Å². The molecule has 5 heteroatoms.